The SMILES string of the molecule is CC(C)C(CN)CNc1ccc([N+](=O)[O-])cc1Cl. The number of halogens is 1. The molecule has 0 saturated heterocycles. The fourth-order valence-corrected chi connectivity index (χ4v) is 1.83. The second kappa shape index (κ2) is 6.56. The van der Waals surface area contributed by atoms with Gasteiger partial charge >= 0.3 is 0 Å². The van der Waals surface area contributed by atoms with Crippen LogP contribution in [0.3, 0.4) is 0 Å². The highest BCUT2D eigenvalue weighted by atomic mass is 35.5. The summed E-state index contributed by atoms with van der Waals surface area (Å²) in [7, 11) is 0. The molecule has 5 nitrogen and oxygen atoms in total. The number of hydrogen-bond donors (Lipinski definition) is 2. The maximum atomic E-state index is 10.6. The lowest BCUT2D eigenvalue weighted by atomic mass is 9.96. The molecular formula is C12H18ClN3O2. The fraction of sp³-hybridized carbons (Fsp3) is 0.500. The molecule has 0 amide bonds. The maximum absolute atomic E-state index is 10.6. The van der Waals surface area contributed by atoms with Gasteiger partial charge < -0.3 is 11.1 Å². The summed E-state index contributed by atoms with van der Waals surface area (Å²) in [6, 6.07) is 4.39. The van der Waals surface area contributed by atoms with Crippen LogP contribution in [0.4, 0.5) is 11.4 Å². The molecule has 1 unspecified atom stereocenters. The number of nitrogens with two attached hydrogens (primary N) is 1. The number of rotatable bonds is 6. The number of nitro groups is 1. The summed E-state index contributed by atoms with van der Waals surface area (Å²) < 4.78 is 0. The lowest BCUT2D eigenvalue weighted by Crippen LogP contribution is -2.27. The van der Waals surface area contributed by atoms with Crippen LogP contribution in [0.2, 0.25) is 5.02 Å². The van der Waals surface area contributed by atoms with Gasteiger partial charge in [0.15, 0.2) is 0 Å². The minimum atomic E-state index is -0.466. The Bertz CT molecular complexity index is 424. The molecule has 3 N–H and O–H groups in total. The molecule has 0 aliphatic carbocycles. The quantitative estimate of drug-likeness (QED) is 0.616. The van der Waals surface area contributed by atoms with E-state index in [2.05, 4.69) is 19.2 Å². The normalized spacial score (nSPS) is 12.5. The summed E-state index contributed by atoms with van der Waals surface area (Å²) in [6.07, 6.45) is 0. The summed E-state index contributed by atoms with van der Waals surface area (Å²) >= 11 is 5.98. The van der Waals surface area contributed by atoms with Crippen LogP contribution in [0, 0.1) is 22.0 Å². The summed E-state index contributed by atoms with van der Waals surface area (Å²) in [5, 5.41) is 14.1. The van der Waals surface area contributed by atoms with Crippen LogP contribution < -0.4 is 11.1 Å². The summed E-state index contributed by atoms with van der Waals surface area (Å²) in [4.78, 5) is 10.1. The van der Waals surface area contributed by atoms with E-state index in [1.54, 1.807) is 6.07 Å². The number of anilines is 1. The maximum Gasteiger partial charge on any atom is 0.271 e. The third-order valence-electron chi connectivity index (χ3n) is 2.96. The zero-order valence-corrected chi connectivity index (χ0v) is 11.3. The molecule has 0 aliphatic heterocycles. The third kappa shape index (κ3) is 3.85. The van der Waals surface area contributed by atoms with Gasteiger partial charge in [0.25, 0.3) is 5.69 Å². The van der Waals surface area contributed by atoms with E-state index >= 15 is 0 Å². The Morgan fingerprint density at radius 1 is 1.50 bits per heavy atom. The van der Waals surface area contributed by atoms with Crippen LogP contribution in [0.5, 0.6) is 0 Å². The molecule has 1 aromatic carbocycles. The molecule has 0 bridgehead atoms. The van der Waals surface area contributed by atoms with Gasteiger partial charge in [-0.25, -0.2) is 0 Å². The van der Waals surface area contributed by atoms with Crippen molar-refractivity contribution in [3.8, 4) is 0 Å². The number of nitrogens with one attached hydrogen (secondary N) is 1. The third-order valence-corrected chi connectivity index (χ3v) is 3.28. The van der Waals surface area contributed by atoms with Crippen molar-refractivity contribution in [2.24, 2.45) is 17.6 Å². The predicted octanol–water partition coefficient (Wildman–Crippen LogP) is 2.89. The van der Waals surface area contributed by atoms with Crippen LogP contribution in [0.1, 0.15) is 13.8 Å². The van der Waals surface area contributed by atoms with Gasteiger partial charge in [0, 0.05) is 18.7 Å². The molecule has 0 heterocycles. The number of nitrogens with zero attached hydrogens (tertiary/aromatic N) is 1. The monoisotopic (exact) mass is 271 g/mol. The lowest BCUT2D eigenvalue weighted by molar-refractivity contribution is -0.384. The van der Waals surface area contributed by atoms with Gasteiger partial charge in [0.1, 0.15) is 0 Å². The first kappa shape index (κ1) is 14.7. The smallest absolute Gasteiger partial charge is 0.271 e. The van der Waals surface area contributed by atoms with Crippen molar-refractivity contribution in [2.45, 2.75) is 13.8 Å². The van der Waals surface area contributed by atoms with E-state index in [9.17, 15) is 10.1 Å². The molecule has 6 heteroatoms. The molecule has 0 radical (unpaired) electrons. The van der Waals surface area contributed by atoms with Crippen LogP contribution in [0.25, 0.3) is 0 Å². The van der Waals surface area contributed by atoms with E-state index in [1.165, 1.54) is 12.1 Å². The van der Waals surface area contributed by atoms with Crippen molar-refractivity contribution in [3.05, 3.63) is 33.3 Å². The largest absolute Gasteiger partial charge is 0.383 e. The minimum absolute atomic E-state index is 0.00946. The molecule has 1 atom stereocenters. The van der Waals surface area contributed by atoms with Crippen molar-refractivity contribution in [2.75, 3.05) is 18.4 Å². The Balaban J connectivity index is 2.71. The first-order valence-electron chi connectivity index (χ1n) is 5.83. The molecule has 0 aromatic heterocycles. The Kier molecular flexibility index (Phi) is 5.37. The zero-order chi connectivity index (χ0) is 13.7. The van der Waals surface area contributed by atoms with E-state index in [-0.39, 0.29) is 5.69 Å². The lowest BCUT2D eigenvalue weighted by Gasteiger charge is -2.20. The van der Waals surface area contributed by atoms with Crippen LogP contribution in [0.15, 0.2) is 18.2 Å². The van der Waals surface area contributed by atoms with Crippen molar-refractivity contribution >= 4 is 23.0 Å². The number of non-ortho nitro benzene ring substituents is 1. The van der Waals surface area contributed by atoms with Gasteiger partial charge in [-0.3, -0.25) is 10.1 Å². The van der Waals surface area contributed by atoms with E-state index in [0.29, 0.717) is 35.6 Å². The summed E-state index contributed by atoms with van der Waals surface area (Å²) in [6.45, 7) is 5.51. The summed E-state index contributed by atoms with van der Waals surface area (Å²) in [5.41, 5.74) is 6.36. The first-order chi connectivity index (χ1) is 8.45. The van der Waals surface area contributed by atoms with E-state index in [4.69, 9.17) is 17.3 Å². The van der Waals surface area contributed by atoms with Gasteiger partial charge in [-0.1, -0.05) is 25.4 Å². The Morgan fingerprint density at radius 3 is 2.61 bits per heavy atom. The standard InChI is InChI=1S/C12H18ClN3O2/c1-8(2)9(6-14)7-15-12-4-3-10(16(17)18)5-11(12)13/h3-5,8-9,15H,6-7,14H2,1-2H3. The van der Waals surface area contributed by atoms with E-state index < -0.39 is 4.92 Å². The van der Waals surface area contributed by atoms with Crippen LogP contribution in [-0.4, -0.2) is 18.0 Å². The van der Waals surface area contributed by atoms with E-state index in [1.807, 2.05) is 0 Å². The summed E-state index contributed by atoms with van der Waals surface area (Å²) in [5.74, 6) is 0.815. The van der Waals surface area contributed by atoms with Crippen molar-refractivity contribution in [1.29, 1.82) is 0 Å². The van der Waals surface area contributed by atoms with Gasteiger partial charge in [0.2, 0.25) is 0 Å². The fourth-order valence-electron chi connectivity index (χ4n) is 1.59. The van der Waals surface area contributed by atoms with Gasteiger partial charge in [-0.05, 0) is 24.4 Å². The topological polar surface area (TPSA) is 81.2 Å². The van der Waals surface area contributed by atoms with Crippen molar-refractivity contribution in [3.63, 3.8) is 0 Å². The molecule has 0 fully saturated rings. The van der Waals surface area contributed by atoms with Crippen molar-refractivity contribution in [1.82, 2.24) is 0 Å². The molecule has 1 aromatic rings. The molecule has 0 saturated carbocycles. The van der Waals surface area contributed by atoms with Crippen LogP contribution in [-0.2, 0) is 0 Å². The first-order valence-corrected chi connectivity index (χ1v) is 6.21. The molecule has 100 valence electrons. The average molecular weight is 272 g/mol. The molecule has 18 heavy (non-hydrogen) atoms. The van der Waals surface area contributed by atoms with Gasteiger partial charge in [-0.2, -0.15) is 0 Å². The van der Waals surface area contributed by atoms with Gasteiger partial charge in [0.05, 0.1) is 15.6 Å². The zero-order valence-electron chi connectivity index (χ0n) is 10.5. The highest BCUT2D eigenvalue weighted by Crippen LogP contribution is 2.27. The molecule has 0 spiro atoms. The Hall–Kier alpha value is -1.33. The number of hydrogen-bond acceptors (Lipinski definition) is 4. The average Bonchev–Trinajstić information content (AvgIpc) is 2.30. The highest BCUT2D eigenvalue weighted by molar-refractivity contribution is 6.33. The second-order valence-electron chi connectivity index (χ2n) is 4.54. The Labute approximate surface area is 111 Å². The highest BCUT2D eigenvalue weighted by Gasteiger charge is 2.13. The second-order valence-corrected chi connectivity index (χ2v) is 4.95. The molecule has 1 rings (SSSR count). The molecule has 0 aliphatic rings. The van der Waals surface area contributed by atoms with E-state index in [0.717, 1.165) is 0 Å². The molecular weight excluding hydrogens is 254 g/mol. The number of benzene rings is 1. The van der Waals surface area contributed by atoms with Gasteiger partial charge in [-0.15, -0.1) is 0 Å². The predicted molar refractivity (Wildman–Crippen MR) is 74.0 cm³/mol. The minimum Gasteiger partial charge on any atom is -0.383 e. The Morgan fingerprint density at radius 2 is 2.17 bits per heavy atom. The van der Waals surface area contributed by atoms with Crippen molar-refractivity contribution < 1.29 is 4.92 Å². The number of nitro benzene ring substituents is 1. The van der Waals surface area contributed by atoms with Crippen LogP contribution >= 0.6 is 11.6 Å².